The van der Waals surface area contributed by atoms with Gasteiger partial charge in [0.1, 0.15) is 5.88 Å². The Hall–Kier alpha value is -0.143. The molecule has 0 heterocycles. The number of carbonyl (C=O) groups is 1. The van der Waals surface area contributed by atoms with Crippen molar-refractivity contribution in [1.29, 1.82) is 0 Å². The lowest BCUT2D eigenvalue weighted by Crippen LogP contribution is -2.46. The summed E-state index contributed by atoms with van der Waals surface area (Å²) >= 11 is 5.39. The molecule has 18 heavy (non-hydrogen) atoms. The molecule has 0 bridgehead atoms. The number of alkyl halides is 1. The summed E-state index contributed by atoms with van der Waals surface area (Å²) in [6.45, 7) is 8.05. The highest BCUT2D eigenvalue weighted by Crippen LogP contribution is 2.17. The molecule has 0 atom stereocenters. The zero-order valence-corrected chi connectivity index (χ0v) is 13.2. The molecular formula is C11H24ClNO4Si. The Kier molecular flexibility index (Phi) is 10.7. The third-order valence-electron chi connectivity index (χ3n) is 2.20. The van der Waals surface area contributed by atoms with E-state index >= 15 is 0 Å². The molecule has 0 radical (unpaired) electrons. The van der Waals surface area contributed by atoms with Crippen LogP contribution in [0, 0.1) is 0 Å². The summed E-state index contributed by atoms with van der Waals surface area (Å²) in [4.78, 5) is 11.0. The summed E-state index contributed by atoms with van der Waals surface area (Å²) in [5.41, 5.74) is 0. The van der Waals surface area contributed by atoms with Crippen LogP contribution < -0.4 is 5.32 Å². The molecule has 0 aromatic heterocycles. The van der Waals surface area contributed by atoms with Crippen molar-refractivity contribution in [1.82, 2.24) is 5.32 Å². The quantitative estimate of drug-likeness (QED) is 0.359. The minimum Gasteiger partial charge on any atom is -0.374 e. The van der Waals surface area contributed by atoms with Gasteiger partial charge in [0, 0.05) is 32.4 Å². The largest absolute Gasteiger partial charge is 0.500 e. The van der Waals surface area contributed by atoms with Gasteiger partial charge in [-0.3, -0.25) is 4.79 Å². The van der Waals surface area contributed by atoms with Gasteiger partial charge in [-0.25, -0.2) is 0 Å². The predicted octanol–water partition coefficient (Wildman–Crippen LogP) is 1.78. The number of halogens is 1. The van der Waals surface area contributed by atoms with Gasteiger partial charge in [0.25, 0.3) is 0 Å². The monoisotopic (exact) mass is 297 g/mol. The van der Waals surface area contributed by atoms with Crippen LogP contribution in [0.3, 0.4) is 0 Å². The highest BCUT2D eigenvalue weighted by Gasteiger charge is 2.39. The molecule has 1 N–H and O–H groups in total. The summed E-state index contributed by atoms with van der Waals surface area (Å²) in [6, 6.07) is 0.699. The van der Waals surface area contributed by atoms with E-state index in [1.165, 1.54) is 0 Å². The first-order chi connectivity index (χ1) is 8.64. The van der Waals surface area contributed by atoms with Crippen LogP contribution in [0.25, 0.3) is 0 Å². The lowest BCUT2D eigenvalue weighted by Gasteiger charge is -2.28. The van der Waals surface area contributed by atoms with Gasteiger partial charge in [0.15, 0.2) is 0 Å². The molecule has 0 saturated heterocycles. The average molecular weight is 298 g/mol. The number of amides is 1. The van der Waals surface area contributed by atoms with Crippen molar-refractivity contribution in [2.45, 2.75) is 33.2 Å². The Bertz CT molecular complexity index is 214. The van der Waals surface area contributed by atoms with Crippen molar-refractivity contribution in [3.63, 3.8) is 0 Å². The van der Waals surface area contributed by atoms with Gasteiger partial charge in [-0.15, -0.1) is 11.6 Å². The van der Waals surface area contributed by atoms with Crippen LogP contribution in [0.2, 0.25) is 6.04 Å². The maximum Gasteiger partial charge on any atom is 0.500 e. The molecule has 108 valence electrons. The van der Waals surface area contributed by atoms with Crippen molar-refractivity contribution in [3.05, 3.63) is 0 Å². The molecule has 5 nitrogen and oxygen atoms in total. The molecule has 0 unspecified atom stereocenters. The van der Waals surface area contributed by atoms with Crippen molar-refractivity contribution in [2.75, 3.05) is 32.2 Å². The zero-order valence-electron chi connectivity index (χ0n) is 11.5. The van der Waals surface area contributed by atoms with E-state index in [9.17, 15) is 4.79 Å². The van der Waals surface area contributed by atoms with Crippen molar-refractivity contribution in [3.8, 4) is 0 Å². The minimum absolute atomic E-state index is 0.00898. The van der Waals surface area contributed by atoms with E-state index in [0.717, 1.165) is 6.42 Å². The Morgan fingerprint density at radius 1 is 1.11 bits per heavy atom. The van der Waals surface area contributed by atoms with Gasteiger partial charge in [-0.2, -0.15) is 0 Å². The Balaban J connectivity index is 4.16. The molecule has 7 heteroatoms. The Morgan fingerprint density at radius 3 is 2.00 bits per heavy atom. The summed E-state index contributed by atoms with van der Waals surface area (Å²) in [6.07, 6.45) is 0.759. The fraction of sp³-hybridized carbons (Fsp3) is 0.909. The van der Waals surface area contributed by atoms with Gasteiger partial charge in [0.05, 0.1) is 0 Å². The van der Waals surface area contributed by atoms with E-state index in [2.05, 4.69) is 5.32 Å². The molecule has 0 fully saturated rings. The van der Waals surface area contributed by atoms with Crippen molar-refractivity contribution >= 4 is 26.3 Å². The van der Waals surface area contributed by atoms with Gasteiger partial charge in [-0.05, 0) is 27.2 Å². The third kappa shape index (κ3) is 7.33. The predicted molar refractivity (Wildman–Crippen MR) is 73.8 cm³/mol. The molecule has 0 aliphatic rings. The summed E-state index contributed by atoms with van der Waals surface area (Å²) in [5, 5.41) is 2.72. The minimum atomic E-state index is -2.56. The standard InChI is InChI=1S/C11H24ClNO4Si/c1-4-15-18(16-5-2,17-6-3)9-7-8-13-11(14)10-12/h4-10H2,1-3H3,(H,13,14). The lowest BCUT2D eigenvalue weighted by atomic mass is 10.5. The maximum absolute atomic E-state index is 11.0. The number of carbonyl (C=O) groups excluding carboxylic acids is 1. The second-order valence-corrected chi connectivity index (χ2v) is 6.57. The second kappa shape index (κ2) is 10.7. The van der Waals surface area contributed by atoms with E-state index in [4.69, 9.17) is 24.9 Å². The fourth-order valence-electron chi connectivity index (χ4n) is 1.58. The van der Waals surface area contributed by atoms with Gasteiger partial charge >= 0.3 is 8.80 Å². The molecular weight excluding hydrogens is 274 g/mol. The topological polar surface area (TPSA) is 56.8 Å². The molecule has 0 aliphatic heterocycles. The number of hydrogen-bond donors (Lipinski definition) is 1. The Labute approximate surface area is 115 Å². The molecule has 1 amide bonds. The summed E-state index contributed by atoms with van der Waals surface area (Å²) < 4.78 is 17.1. The lowest BCUT2D eigenvalue weighted by molar-refractivity contribution is -0.118. The van der Waals surface area contributed by atoms with Crippen LogP contribution in [-0.4, -0.2) is 47.0 Å². The van der Waals surface area contributed by atoms with Crippen LogP contribution in [-0.2, 0) is 18.1 Å². The van der Waals surface area contributed by atoms with E-state index in [1.807, 2.05) is 20.8 Å². The first-order valence-corrected chi connectivity index (χ1v) is 8.85. The molecule has 0 spiro atoms. The van der Waals surface area contributed by atoms with E-state index in [0.29, 0.717) is 32.4 Å². The molecule has 0 saturated carbocycles. The van der Waals surface area contributed by atoms with E-state index in [1.54, 1.807) is 0 Å². The van der Waals surface area contributed by atoms with Gasteiger partial charge < -0.3 is 18.6 Å². The van der Waals surface area contributed by atoms with E-state index < -0.39 is 8.80 Å². The maximum atomic E-state index is 11.0. The van der Waals surface area contributed by atoms with Crippen LogP contribution in [0.1, 0.15) is 27.2 Å². The van der Waals surface area contributed by atoms with Gasteiger partial charge in [-0.1, -0.05) is 0 Å². The van der Waals surface area contributed by atoms with Crippen LogP contribution in [0.5, 0.6) is 0 Å². The average Bonchev–Trinajstić information content (AvgIpc) is 2.35. The van der Waals surface area contributed by atoms with Crippen molar-refractivity contribution in [2.24, 2.45) is 0 Å². The molecule has 0 aromatic carbocycles. The number of hydrogen-bond acceptors (Lipinski definition) is 4. The highest BCUT2D eigenvalue weighted by atomic mass is 35.5. The first kappa shape index (κ1) is 17.9. The molecule has 0 aromatic rings. The van der Waals surface area contributed by atoms with Gasteiger partial charge in [0.2, 0.25) is 5.91 Å². The molecule has 0 aliphatic carbocycles. The van der Waals surface area contributed by atoms with E-state index in [-0.39, 0.29) is 11.8 Å². The van der Waals surface area contributed by atoms with Crippen molar-refractivity contribution < 1.29 is 18.1 Å². The van der Waals surface area contributed by atoms with Crippen LogP contribution >= 0.6 is 11.6 Å². The normalized spacial score (nSPS) is 11.6. The SMILES string of the molecule is CCO[Si](CCCNC(=O)CCl)(OCC)OCC. The second-order valence-electron chi connectivity index (χ2n) is 3.57. The smallest absolute Gasteiger partial charge is 0.374 e. The highest BCUT2D eigenvalue weighted by molar-refractivity contribution is 6.60. The summed E-state index contributed by atoms with van der Waals surface area (Å²) in [5.74, 6) is -0.168. The fourth-order valence-corrected chi connectivity index (χ4v) is 4.29. The Morgan fingerprint density at radius 2 is 1.61 bits per heavy atom. The first-order valence-electron chi connectivity index (χ1n) is 6.38. The molecule has 0 rings (SSSR count). The zero-order chi connectivity index (χ0) is 13.9. The van der Waals surface area contributed by atoms with Crippen LogP contribution in [0.4, 0.5) is 0 Å². The summed E-state index contributed by atoms with van der Waals surface area (Å²) in [7, 11) is -2.56. The number of rotatable bonds is 11. The third-order valence-corrected chi connectivity index (χ3v) is 5.59. The van der Waals surface area contributed by atoms with Crippen LogP contribution in [0.15, 0.2) is 0 Å². The number of nitrogens with one attached hydrogen (secondary N) is 1.